The van der Waals surface area contributed by atoms with Gasteiger partial charge in [0.1, 0.15) is 0 Å². The van der Waals surface area contributed by atoms with Crippen LogP contribution in [0.4, 0.5) is 0 Å². The Hall–Kier alpha value is -0.420. The van der Waals surface area contributed by atoms with E-state index >= 15 is 0 Å². The minimum absolute atomic E-state index is 0.258. The molecule has 2 fully saturated rings. The summed E-state index contributed by atoms with van der Waals surface area (Å²) in [5.41, 5.74) is 0. The van der Waals surface area contributed by atoms with Gasteiger partial charge in [-0.3, -0.25) is 4.90 Å². The number of hydrogen-bond acceptors (Lipinski definition) is 4. The number of fused-ring (bicyclic) bond motifs is 1. The zero-order valence-corrected chi connectivity index (χ0v) is 10.7. The van der Waals surface area contributed by atoms with E-state index in [0.29, 0.717) is 12.0 Å². The van der Waals surface area contributed by atoms with E-state index in [2.05, 4.69) is 22.4 Å². The van der Waals surface area contributed by atoms with Crippen LogP contribution in [0.1, 0.15) is 17.7 Å². The fourth-order valence-electron chi connectivity index (χ4n) is 3.13. The molecule has 3 unspecified atom stereocenters. The zero-order valence-electron chi connectivity index (χ0n) is 9.92. The van der Waals surface area contributed by atoms with Crippen molar-refractivity contribution in [3.8, 4) is 0 Å². The molecule has 17 heavy (non-hydrogen) atoms. The van der Waals surface area contributed by atoms with Gasteiger partial charge in [-0.25, -0.2) is 0 Å². The molecule has 1 aliphatic heterocycles. The molecule has 0 amide bonds. The molecule has 1 aromatic heterocycles. The van der Waals surface area contributed by atoms with Crippen LogP contribution >= 0.6 is 11.3 Å². The second-order valence-corrected chi connectivity index (χ2v) is 6.00. The van der Waals surface area contributed by atoms with Gasteiger partial charge in [-0.05, 0) is 24.3 Å². The molecular weight excluding hydrogens is 234 g/mol. The van der Waals surface area contributed by atoms with Gasteiger partial charge in [-0.1, -0.05) is 6.07 Å². The molecule has 3 atom stereocenters. The van der Waals surface area contributed by atoms with Crippen molar-refractivity contribution in [2.45, 2.75) is 31.5 Å². The fraction of sp³-hybridized carbons (Fsp3) is 0.692. The maximum absolute atomic E-state index is 9.35. The molecule has 1 aromatic rings. The van der Waals surface area contributed by atoms with Gasteiger partial charge in [-0.2, -0.15) is 0 Å². The predicted octanol–water partition coefficient (Wildman–Crippen LogP) is 1.72. The molecule has 0 spiro atoms. The Morgan fingerprint density at radius 2 is 2.41 bits per heavy atom. The first-order chi connectivity index (χ1) is 8.38. The van der Waals surface area contributed by atoms with Gasteiger partial charge in [0.05, 0.1) is 12.7 Å². The lowest BCUT2D eigenvalue weighted by atomic mass is 10.0. The van der Waals surface area contributed by atoms with Gasteiger partial charge in [-0.15, -0.1) is 11.3 Å². The van der Waals surface area contributed by atoms with Crippen LogP contribution in [0.5, 0.6) is 0 Å². The van der Waals surface area contributed by atoms with Gasteiger partial charge in [0.15, 0.2) is 0 Å². The van der Waals surface area contributed by atoms with Gasteiger partial charge >= 0.3 is 0 Å². The van der Waals surface area contributed by atoms with E-state index in [9.17, 15) is 5.11 Å². The van der Waals surface area contributed by atoms with Crippen LogP contribution in [-0.4, -0.2) is 41.9 Å². The highest BCUT2D eigenvalue weighted by molar-refractivity contribution is 7.09. The molecule has 94 valence electrons. The molecule has 2 heterocycles. The van der Waals surface area contributed by atoms with Crippen LogP contribution in [0.15, 0.2) is 17.5 Å². The third kappa shape index (κ3) is 2.27. The van der Waals surface area contributed by atoms with Gasteiger partial charge < -0.3 is 9.84 Å². The van der Waals surface area contributed by atoms with Crippen LogP contribution in [0.3, 0.4) is 0 Å². The van der Waals surface area contributed by atoms with E-state index in [4.69, 9.17) is 4.74 Å². The molecule has 0 aromatic carbocycles. The zero-order chi connectivity index (χ0) is 11.7. The van der Waals surface area contributed by atoms with E-state index < -0.39 is 0 Å². The summed E-state index contributed by atoms with van der Waals surface area (Å²) in [6, 6.07) is 4.83. The molecule has 3 rings (SSSR count). The van der Waals surface area contributed by atoms with Crippen molar-refractivity contribution in [3.63, 3.8) is 0 Å². The summed E-state index contributed by atoms with van der Waals surface area (Å²) in [5.74, 6) is 0.353. The molecule has 2 aliphatic rings. The minimum Gasteiger partial charge on any atom is -0.396 e. The SMILES string of the molecule is OCC1CCC2C1OCCN2Cc1cccs1. The van der Waals surface area contributed by atoms with Crippen molar-refractivity contribution < 1.29 is 9.84 Å². The summed E-state index contributed by atoms with van der Waals surface area (Å²) in [5, 5.41) is 11.5. The summed E-state index contributed by atoms with van der Waals surface area (Å²) in [7, 11) is 0. The minimum atomic E-state index is 0.258. The monoisotopic (exact) mass is 253 g/mol. The van der Waals surface area contributed by atoms with E-state index in [1.165, 1.54) is 11.3 Å². The van der Waals surface area contributed by atoms with Crippen molar-refractivity contribution >= 4 is 11.3 Å². The first-order valence-electron chi connectivity index (χ1n) is 6.37. The van der Waals surface area contributed by atoms with E-state index in [0.717, 1.165) is 26.1 Å². The van der Waals surface area contributed by atoms with E-state index in [1.54, 1.807) is 0 Å². The summed E-state index contributed by atoms with van der Waals surface area (Å²) < 4.78 is 5.86. The van der Waals surface area contributed by atoms with Crippen molar-refractivity contribution in [2.24, 2.45) is 5.92 Å². The highest BCUT2D eigenvalue weighted by atomic mass is 32.1. The quantitative estimate of drug-likeness (QED) is 0.890. The highest BCUT2D eigenvalue weighted by Gasteiger charge is 2.42. The number of morpholine rings is 1. The number of thiophene rings is 1. The van der Waals surface area contributed by atoms with Crippen molar-refractivity contribution in [2.75, 3.05) is 19.8 Å². The maximum Gasteiger partial charge on any atom is 0.0780 e. The Bertz CT molecular complexity index is 354. The normalized spacial score (nSPS) is 33.8. The number of hydrogen-bond donors (Lipinski definition) is 1. The Morgan fingerprint density at radius 1 is 1.47 bits per heavy atom. The first-order valence-corrected chi connectivity index (χ1v) is 7.25. The smallest absolute Gasteiger partial charge is 0.0780 e. The second kappa shape index (κ2) is 5.06. The fourth-order valence-corrected chi connectivity index (χ4v) is 3.86. The average molecular weight is 253 g/mol. The van der Waals surface area contributed by atoms with Crippen LogP contribution in [0, 0.1) is 5.92 Å². The second-order valence-electron chi connectivity index (χ2n) is 4.97. The Kier molecular flexibility index (Phi) is 3.47. The molecule has 1 saturated heterocycles. The van der Waals surface area contributed by atoms with E-state index in [1.807, 2.05) is 11.3 Å². The molecule has 1 aliphatic carbocycles. The number of nitrogens with zero attached hydrogens (tertiary/aromatic N) is 1. The Morgan fingerprint density at radius 3 is 3.18 bits per heavy atom. The summed E-state index contributed by atoms with van der Waals surface area (Å²) >= 11 is 1.83. The Balaban J connectivity index is 1.69. The first kappa shape index (κ1) is 11.7. The van der Waals surface area contributed by atoms with Gasteiger partial charge in [0.25, 0.3) is 0 Å². The predicted molar refractivity (Wildman–Crippen MR) is 68.1 cm³/mol. The lowest BCUT2D eigenvalue weighted by Gasteiger charge is -2.38. The van der Waals surface area contributed by atoms with E-state index in [-0.39, 0.29) is 12.7 Å². The average Bonchev–Trinajstić information content (AvgIpc) is 2.97. The van der Waals surface area contributed by atoms with Crippen LogP contribution in [-0.2, 0) is 11.3 Å². The van der Waals surface area contributed by atoms with Gasteiger partial charge in [0.2, 0.25) is 0 Å². The van der Waals surface area contributed by atoms with Crippen LogP contribution in [0.2, 0.25) is 0 Å². The summed E-state index contributed by atoms with van der Waals surface area (Å²) in [4.78, 5) is 3.97. The van der Waals surface area contributed by atoms with Crippen molar-refractivity contribution in [1.82, 2.24) is 4.90 Å². The van der Waals surface area contributed by atoms with Crippen molar-refractivity contribution in [1.29, 1.82) is 0 Å². The largest absolute Gasteiger partial charge is 0.396 e. The third-order valence-electron chi connectivity index (χ3n) is 4.01. The molecule has 4 heteroatoms. The molecule has 3 nitrogen and oxygen atoms in total. The Labute approximate surface area is 106 Å². The highest BCUT2D eigenvalue weighted by Crippen LogP contribution is 2.35. The molecule has 1 saturated carbocycles. The summed E-state index contributed by atoms with van der Waals surface area (Å²) in [6.07, 6.45) is 2.53. The lowest BCUT2D eigenvalue weighted by molar-refractivity contribution is -0.0827. The molecule has 0 radical (unpaired) electrons. The molecular formula is C13H19NO2S. The number of rotatable bonds is 3. The van der Waals surface area contributed by atoms with Crippen LogP contribution in [0.25, 0.3) is 0 Å². The maximum atomic E-state index is 9.35. The topological polar surface area (TPSA) is 32.7 Å². The molecule has 0 bridgehead atoms. The van der Waals surface area contributed by atoms with Gasteiger partial charge in [0, 0.05) is 36.5 Å². The molecule has 1 N–H and O–H groups in total. The van der Waals surface area contributed by atoms with Crippen molar-refractivity contribution in [3.05, 3.63) is 22.4 Å². The number of aliphatic hydroxyl groups is 1. The number of aliphatic hydroxyl groups excluding tert-OH is 1. The third-order valence-corrected chi connectivity index (χ3v) is 4.87. The number of ether oxygens (including phenoxy) is 1. The standard InChI is InChI=1S/C13H19NO2S/c15-9-10-3-4-12-13(10)16-6-5-14(12)8-11-2-1-7-17-11/h1-2,7,10,12-13,15H,3-6,8-9H2. The lowest BCUT2D eigenvalue weighted by Crippen LogP contribution is -2.49. The van der Waals surface area contributed by atoms with Crippen LogP contribution < -0.4 is 0 Å². The summed E-state index contributed by atoms with van der Waals surface area (Å²) in [6.45, 7) is 3.15.